The normalized spacial score (nSPS) is 19.9. The van der Waals surface area contributed by atoms with Crippen LogP contribution in [0.25, 0.3) is 0 Å². The van der Waals surface area contributed by atoms with Crippen LogP contribution < -0.4 is 4.90 Å². The second-order valence-corrected chi connectivity index (χ2v) is 6.84. The van der Waals surface area contributed by atoms with Gasteiger partial charge in [-0.05, 0) is 26.2 Å². The molecule has 1 saturated carbocycles. The van der Waals surface area contributed by atoms with Gasteiger partial charge in [-0.15, -0.1) is 0 Å². The largest absolute Gasteiger partial charge is 0.365 e. The number of H-pyrrole nitrogens is 1. The third-order valence-electron chi connectivity index (χ3n) is 5.28. The average Bonchev–Trinajstić information content (AvgIpc) is 3.15. The summed E-state index contributed by atoms with van der Waals surface area (Å²) >= 11 is 0. The van der Waals surface area contributed by atoms with E-state index in [0.717, 1.165) is 56.3 Å². The molecule has 122 valence electrons. The molecule has 1 aliphatic heterocycles. The Kier molecular flexibility index (Phi) is 4.69. The highest BCUT2D eigenvalue weighted by Crippen LogP contribution is 2.29. The Labute approximate surface area is 133 Å². The average molecular weight is 304 g/mol. The monoisotopic (exact) mass is 304 g/mol. The number of anilines is 1. The molecule has 1 amide bonds. The molecule has 0 unspecified atom stereocenters. The second-order valence-electron chi connectivity index (χ2n) is 6.84. The fourth-order valence-electron chi connectivity index (χ4n) is 3.98. The first kappa shape index (κ1) is 15.4. The lowest BCUT2D eigenvalue weighted by Gasteiger charge is -2.36. The molecule has 2 heterocycles. The van der Waals surface area contributed by atoms with E-state index in [-0.39, 0.29) is 0 Å². The summed E-state index contributed by atoms with van der Waals surface area (Å²) in [5.41, 5.74) is 3.40. The van der Waals surface area contributed by atoms with Gasteiger partial charge in [0.2, 0.25) is 5.91 Å². The number of nitrogens with zero attached hydrogens (tertiary/aromatic N) is 3. The number of aromatic amines is 1. The van der Waals surface area contributed by atoms with Gasteiger partial charge >= 0.3 is 0 Å². The maximum atomic E-state index is 12.4. The van der Waals surface area contributed by atoms with Gasteiger partial charge in [-0.2, -0.15) is 5.10 Å². The molecule has 1 N–H and O–H groups in total. The van der Waals surface area contributed by atoms with Crippen LogP contribution in [0.2, 0.25) is 0 Å². The maximum Gasteiger partial charge on any atom is 0.222 e. The van der Waals surface area contributed by atoms with E-state index in [1.165, 1.54) is 31.4 Å². The summed E-state index contributed by atoms with van der Waals surface area (Å²) in [6.45, 7) is 7.61. The molecule has 2 aliphatic rings. The minimum atomic E-state index is 0.354. The highest BCUT2D eigenvalue weighted by atomic mass is 16.2. The lowest BCUT2D eigenvalue weighted by molar-refractivity contribution is -0.131. The van der Waals surface area contributed by atoms with E-state index in [1.54, 1.807) is 0 Å². The van der Waals surface area contributed by atoms with Crippen LogP contribution >= 0.6 is 0 Å². The lowest BCUT2D eigenvalue weighted by Crippen LogP contribution is -2.49. The molecule has 1 aliphatic carbocycles. The summed E-state index contributed by atoms with van der Waals surface area (Å²) in [5.74, 6) is 1.16. The quantitative estimate of drug-likeness (QED) is 0.930. The topological polar surface area (TPSA) is 52.2 Å². The SMILES string of the molecule is Cc1n[nH]c(C)c1N1CCN(C(=O)CCC2CCCC2)CC1. The number of carbonyl (C=O) groups excluding carboxylic acids is 1. The molecular formula is C17H28N4O. The Hall–Kier alpha value is -1.52. The Bertz CT molecular complexity index is 491. The molecular weight excluding hydrogens is 276 g/mol. The van der Waals surface area contributed by atoms with E-state index in [9.17, 15) is 4.79 Å². The van der Waals surface area contributed by atoms with E-state index in [4.69, 9.17) is 0 Å². The standard InChI is InChI=1S/C17H28N4O/c1-13-17(14(2)19-18-13)21-11-9-20(10-12-21)16(22)8-7-15-5-3-4-6-15/h15H,3-12H2,1-2H3,(H,18,19). The molecule has 0 bridgehead atoms. The van der Waals surface area contributed by atoms with Crippen molar-refractivity contribution in [1.29, 1.82) is 0 Å². The molecule has 2 fully saturated rings. The van der Waals surface area contributed by atoms with Crippen molar-refractivity contribution in [3.63, 3.8) is 0 Å². The predicted molar refractivity (Wildman–Crippen MR) is 88.0 cm³/mol. The van der Waals surface area contributed by atoms with Gasteiger partial charge in [-0.25, -0.2) is 0 Å². The van der Waals surface area contributed by atoms with Gasteiger partial charge in [0.15, 0.2) is 0 Å². The Morgan fingerprint density at radius 2 is 1.86 bits per heavy atom. The number of amides is 1. The lowest BCUT2D eigenvalue weighted by atomic mass is 10.0. The molecule has 5 heteroatoms. The van der Waals surface area contributed by atoms with Crippen molar-refractivity contribution in [1.82, 2.24) is 15.1 Å². The number of nitrogens with one attached hydrogen (secondary N) is 1. The molecule has 0 aromatic carbocycles. The number of hydrogen-bond acceptors (Lipinski definition) is 3. The summed E-state index contributed by atoms with van der Waals surface area (Å²) in [6.07, 6.45) is 7.23. The number of rotatable bonds is 4. The fraction of sp³-hybridized carbons (Fsp3) is 0.765. The van der Waals surface area contributed by atoms with Crippen molar-refractivity contribution in [2.75, 3.05) is 31.1 Å². The van der Waals surface area contributed by atoms with Crippen LogP contribution in [-0.2, 0) is 4.79 Å². The Balaban J connectivity index is 1.47. The first-order valence-corrected chi connectivity index (χ1v) is 8.69. The maximum absolute atomic E-state index is 12.4. The highest BCUT2D eigenvalue weighted by Gasteiger charge is 2.25. The van der Waals surface area contributed by atoms with Gasteiger partial charge in [0, 0.05) is 32.6 Å². The molecule has 1 aromatic rings. The third-order valence-corrected chi connectivity index (χ3v) is 5.28. The minimum absolute atomic E-state index is 0.354. The Morgan fingerprint density at radius 3 is 2.45 bits per heavy atom. The summed E-state index contributed by atoms with van der Waals surface area (Å²) < 4.78 is 0. The van der Waals surface area contributed by atoms with E-state index in [1.807, 2.05) is 6.92 Å². The fourth-order valence-corrected chi connectivity index (χ4v) is 3.98. The molecule has 0 radical (unpaired) electrons. The van der Waals surface area contributed by atoms with Crippen molar-refractivity contribution >= 4 is 11.6 Å². The first-order valence-electron chi connectivity index (χ1n) is 8.69. The summed E-state index contributed by atoms with van der Waals surface area (Å²) in [4.78, 5) is 16.8. The highest BCUT2D eigenvalue weighted by molar-refractivity contribution is 5.76. The number of aromatic nitrogens is 2. The van der Waals surface area contributed by atoms with Crippen molar-refractivity contribution in [3.8, 4) is 0 Å². The van der Waals surface area contributed by atoms with Gasteiger partial charge in [0.05, 0.1) is 17.1 Å². The Morgan fingerprint density at radius 1 is 1.18 bits per heavy atom. The third kappa shape index (κ3) is 3.28. The van der Waals surface area contributed by atoms with Crippen LogP contribution in [-0.4, -0.2) is 47.2 Å². The first-order chi connectivity index (χ1) is 10.6. The molecule has 0 atom stereocenters. The number of carbonyl (C=O) groups is 1. The number of aryl methyl sites for hydroxylation is 2. The van der Waals surface area contributed by atoms with E-state index < -0.39 is 0 Å². The van der Waals surface area contributed by atoms with E-state index >= 15 is 0 Å². The summed E-state index contributed by atoms with van der Waals surface area (Å²) in [7, 11) is 0. The van der Waals surface area contributed by atoms with E-state index in [0.29, 0.717) is 5.91 Å². The van der Waals surface area contributed by atoms with Crippen LogP contribution in [0.5, 0.6) is 0 Å². The van der Waals surface area contributed by atoms with Crippen molar-refractivity contribution in [2.24, 2.45) is 5.92 Å². The molecule has 22 heavy (non-hydrogen) atoms. The molecule has 1 saturated heterocycles. The zero-order valence-electron chi connectivity index (χ0n) is 13.9. The zero-order chi connectivity index (χ0) is 15.5. The van der Waals surface area contributed by atoms with Crippen LogP contribution in [0.3, 0.4) is 0 Å². The smallest absolute Gasteiger partial charge is 0.222 e. The number of hydrogen-bond donors (Lipinski definition) is 1. The van der Waals surface area contributed by atoms with Crippen LogP contribution in [0, 0.1) is 19.8 Å². The van der Waals surface area contributed by atoms with Gasteiger partial charge in [0.25, 0.3) is 0 Å². The number of piperazine rings is 1. The van der Waals surface area contributed by atoms with E-state index in [2.05, 4.69) is 26.9 Å². The molecule has 3 rings (SSSR count). The molecule has 1 aromatic heterocycles. The van der Waals surface area contributed by atoms with Gasteiger partial charge in [-0.1, -0.05) is 25.7 Å². The molecule has 5 nitrogen and oxygen atoms in total. The van der Waals surface area contributed by atoms with Gasteiger partial charge in [-0.3, -0.25) is 9.89 Å². The summed E-state index contributed by atoms with van der Waals surface area (Å²) in [6, 6.07) is 0. The van der Waals surface area contributed by atoms with Crippen molar-refractivity contribution in [2.45, 2.75) is 52.4 Å². The molecule has 0 spiro atoms. The predicted octanol–water partition coefficient (Wildman–Crippen LogP) is 2.65. The van der Waals surface area contributed by atoms with Crippen molar-refractivity contribution in [3.05, 3.63) is 11.4 Å². The van der Waals surface area contributed by atoms with Gasteiger partial charge in [0.1, 0.15) is 0 Å². The van der Waals surface area contributed by atoms with Crippen molar-refractivity contribution < 1.29 is 4.79 Å². The summed E-state index contributed by atoms with van der Waals surface area (Å²) in [5, 5.41) is 7.32. The minimum Gasteiger partial charge on any atom is -0.365 e. The van der Waals surface area contributed by atoms with Gasteiger partial charge < -0.3 is 9.80 Å². The van der Waals surface area contributed by atoms with Crippen LogP contribution in [0.15, 0.2) is 0 Å². The second kappa shape index (κ2) is 6.71. The van der Waals surface area contributed by atoms with Crippen LogP contribution in [0.4, 0.5) is 5.69 Å². The zero-order valence-corrected chi connectivity index (χ0v) is 13.9. The van der Waals surface area contributed by atoms with Crippen LogP contribution in [0.1, 0.15) is 49.9 Å².